The summed E-state index contributed by atoms with van der Waals surface area (Å²) in [5.74, 6) is -0.262. The van der Waals surface area contributed by atoms with Gasteiger partial charge in [0, 0.05) is 6.04 Å². The first-order valence-electron chi connectivity index (χ1n) is 7.85. The highest BCUT2D eigenvalue weighted by molar-refractivity contribution is 8.01. The molecule has 2 aromatic rings. The Hall–Kier alpha value is -1.65. The number of aryl methyl sites for hydroxylation is 1. The molecule has 0 bridgehead atoms. The number of aromatic nitrogens is 2. The van der Waals surface area contributed by atoms with Crippen LogP contribution in [0.2, 0.25) is 0 Å². The van der Waals surface area contributed by atoms with Crippen molar-refractivity contribution >= 4 is 56.4 Å². The number of esters is 1. The van der Waals surface area contributed by atoms with E-state index in [4.69, 9.17) is 4.74 Å². The van der Waals surface area contributed by atoms with Gasteiger partial charge in [-0.1, -0.05) is 23.1 Å². The number of hydrogen-bond acceptors (Lipinski definition) is 9. The summed E-state index contributed by atoms with van der Waals surface area (Å²) in [7, 11) is 0. The zero-order valence-corrected chi connectivity index (χ0v) is 16.3. The van der Waals surface area contributed by atoms with Gasteiger partial charge in [-0.15, -0.1) is 21.5 Å². The van der Waals surface area contributed by atoms with E-state index >= 15 is 0 Å². The molecule has 0 spiro atoms. The van der Waals surface area contributed by atoms with Gasteiger partial charge in [0.05, 0.1) is 17.4 Å². The average molecular weight is 399 g/mol. The number of ether oxygens (including phenoxy) is 1. The molecule has 1 aliphatic carbocycles. The van der Waals surface area contributed by atoms with Gasteiger partial charge in [0.1, 0.15) is 4.88 Å². The number of thioether (sulfide) groups is 1. The van der Waals surface area contributed by atoms with Crippen LogP contribution in [0, 0.1) is 6.92 Å². The molecule has 1 amide bonds. The van der Waals surface area contributed by atoms with Crippen molar-refractivity contribution in [2.75, 3.05) is 23.0 Å². The van der Waals surface area contributed by atoms with Crippen LogP contribution in [0.15, 0.2) is 10.4 Å². The summed E-state index contributed by atoms with van der Waals surface area (Å²) in [5, 5.41) is 15.7. The highest BCUT2D eigenvalue weighted by atomic mass is 32.2. The summed E-state index contributed by atoms with van der Waals surface area (Å²) >= 11 is 4.03. The molecule has 0 aromatic carbocycles. The second-order valence-corrected chi connectivity index (χ2v) is 8.72. The maximum Gasteiger partial charge on any atom is 0.348 e. The van der Waals surface area contributed by atoms with E-state index in [1.807, 2.05) is 6.92 Å². The summed E-state index contributed by atoms with van der Waals surface area (Å²) in [6.07, 6.45) is 2.36. The summed E-state index contributed by atoms with van der Waals surface area (Å²) in [5.41, 5.74) is 0.798. The number of thiophene rings is 1. The third-order valence-electron chi connectivity index (χ3n) is 3.28. The van der Waals surface area contributed by atoms with Crippen molar-refractivity contribution in [1.29, 1.82) is 0 Å². The fourth-order valence-electron chi connectivity index (χ4n) is 1.97. The number of nitrogens with one attached hydrogen (secondary N) is 2. The molecule has 2 N–H and O–H groups in total. The maximum absolute atomic E-state index is 12.1. The average Bonchev–Trinajstić information content (AvgIpc) is 3.13. The summed E-state index contributed by atoms with van der Waals surface area (Å²) in [6, 6.07) is 2.31. The standard InChI is InChI=1S/C15H18N4O3S3/c1-3-22-13(21)12-8(2)6-11(24-12)17-10(20)7-23-15-19-18-14(25-15)16-9-4-5-9/h6,9H,3-5,7H2,1-2H3,(H,16,18)(H,17,20). The van der Waals surface area contributed by atoms with Gasteiger partial charge in [-0.2, -0.15) is 0 Å². The van der Waals surface area contributed by atoms with Crippen molar-refractivity contribution in [2.45, 2.75) is 37.1 Å². The predicted molar refractivity (Wildman–Crippen MR) is 101 cm³/mol. The molecule has 0 radical (unpaired) electrons. The smallest absolute Gasteiger partial charge is 0.348 e. The Morgan fingerprint density at radius 1 is 1.36 bits per heavy atom. The van der Waals surface area contributed by atoms with Gasteiger partial charge in [-0.3, -0.25) is 4.79 Å². The first-order chi connectivity index (χ1) is 12.0. The molecule has 0 aliphatic heterocycles. The molecule has 1 saturated carbocycles. The SMILES string of the molecule is CCOC(=O)c1sc(NC(=O)CSc2nnc(NC3CC3)s2)cc1C. The van der Waals surface area contributed by atoms with Crippen LogP contribution >= 0.6 is 34.4 Å². The van der Waals surface area contributed by atoms with Crippen molar-refractivity contribution in [1.82, 2.24) is 10.2 Å². The van der Waals surface area contributed by atoms with E-state index in [2.05, 4.69) is 20.8 Å². The molecule has 10 heteroatoms. The van der Waals surface area contributed by atoms with Crippen LogP contribution in [0.4, 0.5) is 10.1 Å². The highest BCUT2D eigenvalue weighted by Crippen LogP contribution is 2.31. The van der Waals surface area contributed by atoms with E-state index in [1.54, 1.807) is 13.0 Å². The van der Waals surface area contributed by atoms with E-state index in [9.17, 15) is 9.59 Å². The monoisotopic (exact) mass is 398 g/mol. The molecule has 0 saturated heterocycles. The van der Waals surface area contributed by atoms with Crippen LogP contribution in [-0.4, -0.2) is 40.5 Å². The van der Waals surface area contributed by atoms with Crippen LogP contribution in [0.25, 0.3) is 0 Å². The first kappa shape index (κ1) is 18.2. The first-order valence-corrected chi connectivity index (χ1v) is 10.5. The molecular formula is C15H18N4O3S3. The number of nitrogens with zero attached hydrogens (tertiary/aromatic N) is 2. The molecule has 1 aliphatic rings. The molecule has 0 unspecified atom stereocenters. The topological polar surface area (TPSA) is 93.2 Å². The number of rotatable bonds is 8. The van der Waals surface area contributed by atoms with Crippen LogP contribution in [0.5, 0.6) is 0 Å². The lowest BCUT2D eigenvalue weighted by atomic mass is 10.3. The van der Waals surface area contributed by atoms with Crippen LogP contribution < -0.4 is 10.6 Å². The third kappa shape index (κ3) is 5.16. The Balaban J connectivity index is 1.49. The normalized spacial score (nSPS) is 13.5. The van der Waals surface area contributed by atoms with Gasteiger partial charge >= 0.3 is 5.97 Å². The summed E-state index contributed by atoms with van der Waals surface area (Å²) < 4.78 is 5.76. The van der Waals surface area contributed by atoms with E-state index in [0.717, 1.165) is 15.0 Å². The Morgan fingerprint density at radius 3 is 2.88 bits per heavy atom. The van der Waals surface area contributed by atoms with E-state index in [-0.39, 0.29) is 17.6 Å². The minimum atomic E-state index is -0.357. The fourth-order valence-corrected chi connectivity index (χ4v) is 4.58. The third-order valence-corrected chi connectivity index (χ3v) is 6.40. The molecule has 0 atom stereocenters. The van der Waals surface area contributed by atoms with Crippen molar-refractivity contribution in [3.8, 4) is 0 Å². The van der Waals surface area contributed by atoms with Crippen LogP contribution in [0.3, 0.4) is 0 Å². The zero-order valence-electron chi connectivity index (χ0n) is 13.8. The zero-order chi connectivity index (χ0) is 17.8. The lowest BCUT2D eigenvalue weighted by molar-refractivity contribution is -0.113. The van der Waals surface area contributed by atoms with E-state index in [0.29, 0.717) is 22.5 Å². The second kappa shape index (κ2) is 8.15. The summed E-state index contributed by atoms with van der Waals surface area (Å²) in [6.45, 7) is 3.91. The van der Waals surface area contributed by atoms with Crippen molar-refractivity contribution in [3.05, 3.63) is 16.5 Å². The molecule has 3 rings (SSSR count). The minimum absolute atomic E-state index is 0.145. The van der Waals surface area contributed by atoms with Gasteiger partial charge in [0.15, 0.2) is 4.34 Å². The van der Waals surface area contributed by atoms with Crippen LogP contribution in [0.1, 0.15) is 35.0 Å². The molecule has 2 heterocycles. The predicted octanol–water partition coefficient (Wildman–Crippen LogP) is 3.39. The van der Waals surface area contributed by atoms with Crippen LogP contribution in [-0.2, 0) is 9.53 Å². The highest BCUT2D eigenvalue weighted by Gasteiger charge is 2.22. The quantitative estimate of drug-likeness (QED) is 0.520. The molecule has 1 fully saturated rings. The second-order valence-electron chi connectivity index (χ2n) is 5.47. The Bertz CT molecular complexity index is 770. The molecule has 134 valence electrons. The Kier molecular flexibility index (Phi) is 5.92. The molecule has 2 aromatic heterocycles. The van der Waals surface area contributed by atoms with Gasteiger partial charge in [0.25, 0.3) is 0 Å². The maximum atomic E-state index is 12.1. The van der Waals surface area contributed by atoms with Gasteiger partial charge in [-0.05, 0) is 38.3 Å². The largest absolute Gasteiger partial charge is 0.462 e. The van der Waals surface area contributed by atoms with Gasteiger partial charge in [-0.25, -0.2) is 4.79 Å². The van der Waals surface area contributed by atoms with Crippen molar-refractivity contribution in [2.24, 2.45) is 0 Å². The summed E-state index contributed by atoms with van der Waals surface area (Å²) in [4.78, 5) is 24.4. The lowest BCUT2D eigenvalue weighted by Gasteiger charge is -2.00. The van der Waals surface area contributed by atoms with Gasteiger partial charge < -0.3 is 15.4 Å². The minimum Gasteiger partial charge on any atom is -0.462 e. The van der Waals surface area contributed by atoms with Crippen molar-refractivity contribution in [3.63, 3.8) is 0 Å². The number of anilines is 2. The van der Waals surface area contributed by atoms with Gasteiger partial charge in [0.2, 0.25) is 11.0 Å². The lowest BCUT2D eigenvalue weighted by Crippen LogP contribution is -2.12. The number of carbonyl (C=O) groups excluding carboxylic acids is 2. The fraction of sp³-hybridized carbons (Fsp3) is 0.467. The molecule has 7 nitrogen and oxygen atoms in total. The number of carbonyl (C=O) groups is 2. The Morgan fingerprint density at radius 2 is 2.16 bits per heavy atom. The van der Waals surface area contributed by atoms with Crippen molar-refractivity contribution < 1.29 is 14.3 Å². The van der Waals surface area contributed by atoms with E-state index in [1.165, 1.54) is 47.3 Å². The van der Waals surface area contributed by atoms with E-state index < -0.39 is 0 Å². The Labute approximate surface area is 157 Å². The molecule has 25 heavy (non-hydrogen) atoms. The number of hydrogen-bond donors (Lipinski definition) is 2. The molecular weight excluding hydrogens is 380 g/mol. The number of amides is 1.